The molecule has 0 fully saturated rings. The lowest BCUT2D eigenvalue weighted by molar-refractivity contribution is 0.0685. The largest absolute Gasteiger partial charge is 0.476 e. The molecular weight excluding hydrogens is 276 g/mol. The molecule has 3 aromatic rings. The molecule has 0 atom stereocenters. The standard InChI is InChI=1S/C13H10N4O2S/c1-7-2-3-8-9(6-7)17-13(16-8)20-11-10(12(18)19)14-4-5-15-11/h2-6H,1H3,(H,16,17)(H,18,19). The molecule has 0 radical (unpaired) electrons. The number of aromatic carboxylic acids is 1. The first-order valence-corrected chi connectivity index (χ1v) is 6.63. The molecule has 0 bridgehead atoms. The molecule has 0 saturated carbocycles. The fraction of sp³-hybridized carbons (Fsp3) is 0.0769. The Labute approximate surface area is 118 Å². The Kier molecular flexibility index (Phi) is 3.11. The average Bonchev–Trinajstić information content (AvgIpc) is 2.80. The van der Waals surface area contributed by atoms with Gasteiger partial charge in [-0.1, -0.05) is 6.07 Å². The van der Waals surface area contributed by atoms with Crippen molar-refractivity contribution < 1.29 is 9.90 Å². The van der Waals surface area contributed by atoms with Crippen molar-refractivity contribution in [1.82, 2.24) is 19.9 Å². The van der Waals surface area contributed by atoms with Gasteiger partial charge in [-0.05, 0) is 36.4 Å². The zero-order valence-electron chi connectivity index (χ0n) is 10.5. The molecule has 2 heterocycles. The van der Waals surface area contributed by atoms with Gasteiger partial charge in [0.25, 0.3) is 0 Å². The number of fused-ring (bicyclic) bond motifs is 1. The van der Waals surface area contributed by atoms with Crippen molar-refractivity contribution in [3.63, 3.8) is 0 Å². The molecule has 0 amide bonds. The number of rotatable bonds is 3. The van der Waals surface area contributed by atoms with E-state index in [2.05, 4.69) is 19.9 Å². The third-order valence-electron chi connectivity index (χ3n) is 2.68. The number of aromatic amines is 1. The lowest BCUT2D eigenvalue weighted by Crippen LogP contribution is -2.03. The quantitative estimate of drug-likeness (QED) is 0.768. The van der Waals surface area contributed by atoms with E-state index in [1.807, 2.05) is 25.1 Å². The lowest BCUT2D eigenvalue weighted by Gasteiger charge is -2.00. The Morgan fingerprint density at radius 2 is 2.10 bits per heavy atom. The highest BCUT2D eigenvalue weighted by Crippen LogP contribution is 2.27. The van der Waals surface area contributed by atoms with Crippen molar-refractivity contribution in [2.24, 2.45) is 0 Å². The summed E-state index contributed by atoms with van der Waals surface area (Å²) < 4.78 is 0. The molecule has 1 aromatic carbocycles. The van der Waals surface area contributed by atoms with Gasteiger partial charge in [-0.2, -0.15) is 0 Å². The van der Waals surface area contributed by atoms with Crippen molar-refractivity contribution in [2.75, 3.05) is 0 Å². The van der Waals surface area contributed by atoms with E-state index in [0.29, 0.717) is 10.2 Å². The van der Waals surface area contributed by atoms with Gasteiger partial charge in [-0.25, -0.2) is 19.7 Å². The summed E-state index contributed by atoms with van der Waals surface area (Å²) in [5.74, 6) is -1.10. The van der Waals surface area contributed by atoms with E-state index < -0.39 is 5.97 Å². The van der Waals surface area contributed by atoms with Crippen LogP contribution in [0, 0.1) is 6.92 Å². The SMILES string of the molecule is Cc1ccc2nc(Sc3nccnc3C(=O)O)[nH]c2c1. The monoisotopic (exact) mass is 286 g/mol. The van der Waals surface area contributed by atoms with Crippen LogP contribution in [0.25, 0.3) is 11.0 Å². The van der Waals surface area contributed by atoms with Crippen LogP contribution in [0.4, 0.5) is 0 Å². The van der Waals surface area contributed by atoms with Crippen LogP contribution >= 0.6 is 11.8 Å². The Bertz CT molecular complexity index is 800. The van der Waals surface area contributed by atoms with Gasteiger partial charge in [0.15, 0.2) is 10.9 Å². The minimum Gasteiger partial charge on any atom is -0.476 e. The van der Waals surface area contributed by atoms with Crippen molar-refractivity contribution in [3.05, 3.63) is 41.9 Å². The molecule has 7 heteroatoms. The Morgan fingerprint density at radius 1 is 1.30 bits per heavy atom. The summed E-state index contributed by atoms with van der Waals surface area (Å²) in [5, 5.41) is 9.98. The number of aryl methyl sites for hydroxylation is 1. The fourth-order valence-electron chi connectivity index (χ4n) is 1.79. The van der Waals surface area contributed by atoms with E-state index in [1.54, 1.807) is 0 Å². The molecule has 20 heavy (non-hydrogen) atoms. The number of imidazole rings is 1. The zero-order chi connectivity index (χ0) is 14.1. The van der Waals surface area contributed by atoms with Gasteiger partial charge in [0, 0.05) is 12.4 Å². The number of aromatic nitrogens is 4. The van der Waals surface area contributed by atoms with Crippen LogP contribution in [-0.2, 0) is 0 Å². The van der Waals surface area contributed by atoms with E-state index in [-0.39, 0.29) is 5.69 Å². The summed E-state index contributed by atoms with van der Waals surface area (Å²) in [6.45, 7) is 2.00. The van der Waals surface area contributed by atoms with Gasteiger partial charge in [-0.15, -0.1) is 0 Å². The second-order valence-corrected chi connectivity index (χ2v) is 5.16. The number of benzene rings is 1. The highest BCUT2D eigenvalue weighted by Gasteiger charge is 2.15. The van der Waals surface area contributed by atoms with Gasteiger partial charge in [0.1, 0.15) is 5.03 Å². The summed E-state index contributed by atoms with van der Waals surface area (Å²) in [6.07, 6.45) is 2.82. The summed E-state index contributed by atoms with van der Waals surface area (Å²) >= 11 is 1.15. The van der Waals surface area contributed by atoms with Crippen LogP contribution in [0.5, 0.6) is 0 Å². The Balaban J connectivity index is 1.99. The molecule has 2 aromatic heterocycles. The number of nitrogens with one attached hydrogen (secondary N) is 1. The topological polar surface area (TPSA) is 91.8 Å². The van der Waals surface area contributed by atoms with Crippen LogP contribution in [0.1, 0.15) is 16.1 Å². The van der Waals surface area contributed by atoms with Gasteiger partial charge >= 0.3 is 5.97 Å². The molecule has 0 spiro atoms. The lowest BCUT2D eigenvalue weighted by atomic mass is 10.2. The molecule has 6 nitrogen and oxygen atoms in total. The predicted molar refractivity (Wildman–Crippen MR) is 73.9 cm³/mol. The maximum absolute atomic E-state index is 11.1. The van der Waals surface area contributed by atoms with E-state index in [9.17, 15) is 4.79 Å². The van der Waals surface area contributed by atoms with Crippen LogP contribution in [0.15, 0.2) is 40.8 Å². The van der Waals surface area contributed by atoms with Gasteiger partial charge in [0.05, 0.1) is 11.0 Å². The molecule has 2 N–H and O–H groups in total. The number of hydrogen-bond acceptors (Lipinski definition) is 5. The first kappa shape index (κ1) is 12.6. The van der Waals surface area contributed by atoms with Gasteiger partial charge in [-0.3, -0.25) is 0 Å². The highest BCUT2D eigenvalue weighted by atomic mass is 32.2. The molecule has 0 saturated heterocycles. The fourth-order valence-corrected chi connectivity index (χ4v) is 2.62. The third kappa shape index (κ3) is 2.35. The molecule has 3 rings (SSSR count). The Morgan fingerprint density at radius 3 is 2.90 bits per heavy atom. The van der Waals surface area contributed by atoms with Crippen LogP contribution in [0.3, 0.4) is 0 Å². The summed E-state index contributed by atoms with van der Waals surface area (Å²) in [5.41, 5.74) is 2.80. The van der Waals surface area contributed by atoms with Gasteiger partial charge < -0.3 is 10.1 Å². The second-order valence-electron chi connectivity index (χ2n) is 4.18. The first-order chi connectivity index (χ1) is 9.63. The van der Waals surface area contributed by atoms with E-state index in [0.717, 1.165) is 28.4 Å². The number of nitrogens with zero attached hydrogens (tertiary/aromatic N) is 3. The summed E-state index contributed by atoms with van der Waals surface area (Å²) in [6, 6.07) is 5.88. The minimum absolute atomic E-state index is 0.0749. The average molecular weight is 286 g/mol. The van der Waals surface area contributed by atoms with Crippen molar-refractivity contribution in [3.8, 4) is 0 Å². The number of hydrogen-bond donors (Lipinski definition) is 2. The van der Waals surface area contributed by atoms with Crippen molar-refractivity contribution in [1.29, 1.82) is 0 Å². The molecule has 0 aliphatic heterocycles. The molecular formula is C13H10N4O2S. The minimum atomic E-state index is -1.10. The van der Waals surface area contributed by atoms with E-state index in [4.69, 9.17) is 5.11 Å². The number of carbonyl (C=O) groups is 1. The summed E-state index contributed by atoms with van der Waals surface area (Å²) in [7, 11) is 0. The molecule has 0 aliphatic carbocycles. The zero-order valence-corrected chi connectivity index (χ0v) is 11.3. The molecule has 0 unspecified atom stereocenters. The number of carboxylic acid groups (broad SMARTS) is 1. The van der Waals surface area contributed by atoms with Gasteiger partial charge in [0.2, 0.25) is 0 Å². The van der Waals surface area contributed by atoms with Crippen molar-refractivity contribution in [2.45, 2.75) is 17.1 Å². The van der Waals surface area contributed by atoms with Crippen molar-refractivity contribution >= 4 is 28.8 Å². The van der Waals surface area contributed by atoms with Crippen LogP contribution in [0.2, 0.25) is 0 Å². The molecule has 100 valence electrons. The Hall–Kier alpha value is -2.41. The first-order valence-electron chi connectivity index (χ1n) is 5.82. The van der Waals surface area contributed by atoms with E-state index in [1.165, 1.54) is 12.4 Å². The number of carboxylic acids is 1. The maximum atomic E-state index is 11.1. The smallest absolute Gasteiger partial charge is 0.357 e. The molecule has 0 aliphatic rings. The highest BCUT2D eigenvalue weighted by molar-refractivity contribution is 7.99. The maximum Gasteiger partial charge on any atom is 0.357 e. The third-order valence-corrected chi connectivity index (χ3v) is 3.56. The van der Waals surface area contributed by atoms with Crippen LogP contribution in [-0.4, -0.2) is 31.0 Å². The van der Waals surface area contributed by atoms with E-state index >= 15 is 0 Å². The summed E-state index contributed by atoms with van der Waals surface area (Å²) in [4.78, 5) is 26.5. The second kappa shape index (κ2) is 4.93. The predicted octanol–water partition coefficient (Wildman–Crippen LogP) is 2.51. The van der Waals surface area contributed by atoms with Crippen LogP contribution < -0.4 is 0 Å². The normalized spacial score (nSPS) is 10.8. The number of H-pyrrole nitrogens is 1.